The van der Waals surface area contributed by atoms with Crippen molar-refractivity contribution < 1.29 is 9.26 Å². The van der Waals surface area contributed by atoms with E-state index >= 15 is 0 Å². The van der Waals surface area contributed by atoms with E-state index in [-0.39, 0.29) is 0 Å². The predicted octanol–water partition coefficient (Wildman–Crippen LogP) is 2.80. The molecule has 2 aromatic rings. The topological polar surface area (TPSA) is 74.2 Å². The number of hydrogen-bond acceptors (Lipinski definition) is 5. The van der Waals surface area contributed by atoms with Gasteiger partial charge in [0.25, 0.3) is 0 Å². The first kappa shape index (κ1) is 13.5. The maximum atomic E-state index is 6.15. The molecule has 1 atom stereocenters. The van der Waals surface area contributed by atoms with Crippen LogP contribution in [0.3, 0.4) is 0 Å². The number of methoxy groups -OCH3 is 1. The van der Waals surface area contributed by atoms with E-state index in [1.807, 2.05) is 18.2 Å². The Labute approximate surface area is 122 Å². The van der Waals surface area contributed by atoms with Crippen LogP contribution < -0.4 is 5.73 Å². The van der Waals surface area contributed by atoms with E-state index in [0.717, 1.165) is 24.8 Å². The molecule has 1 heterocycles. The van der Waals surface area contributed by atoms with Crippen molar-refractivity contribution in [2.24, 2.45) is 5.73 Å². The second-order valence-electron chi connectivity index (χ2n) is 5.01. The lowest BCUT2D eigenvalue weighted by Gasteiger charge is -2.37. The fourth-order valence-electron chi connectivity index (χ4n) is 2.42. The average Bonchev–Trinajstić information content (AvgIpc) is 2.88. The highest BCUT2D eigenvalue weighted by atomic mass is 35.5. The van der Waals surface area contributed by atoms with Gasteiger partial charge in [0.2, 0.25) is 11.7 Å². The van der Waals surface area contributed by atoms with Gasteiger partial charge in [0.1, 0.15) is 11.6 Å². The largest absolute Gasteiger partial charge is 0.370 e. The Kier molecular flexibility index (Phi) is 3.50. The van der Waals surface area contributed by atoms with E-state index in [1.54, 1.807) is 13.2 Å². The van der Waals surface area contributed by atoms with Crippen LogP contribution in [0.2, 0.25) is 5.02 Å². The number of rotatable bonds is 4. The molecule has 3 rings (SSSR count). The van der Waals surface area contributed by atoms with Crippen molar-refractivity contribution in [2.75, 3.05) is 7.11 Å². The van der Waals surface area contributed by atoms with Crippen LogP contribution in [0.1, 0.15) is 42.6 Å². The average molecular weight is 294 g/mol. The van der Waals surface area contributed by atoms with E-state index in [9.17, 15) is 0 Å². The summed E-state index contributed by atoms with van der Waals surface area (Å²) in [6.45, 7) is 0. The fourth-order valence-corrected chi connectivity index (χ4v) is 2.68. The molecule has 0 amide bonds. The van der Waals surface area contributed by atoms with Gasteiger partial charge >= 0.3 is 0 Å². The molecule has 6 heteroatoms. The van der Waals surface area contributed by atoms with Gasteiger partial charge in [-0.3, -0.25) is 0 Å². The number of benzene rings is 1. The molecule has 0 radical (unpaired) electrons. The van der Waals surface area contributed by atoms with Gasteiger partial charge in [-0.05, 0) is 30.9 Å². The second kappa shape index (κ2) is 5.16. The number of ether oxygens (including phenoxy) is 1. The summed E-state index contributed by atoms with van der Waals surface area (Å²) in [7, 11) is 1.67. The van der Waals surface area contributed by atoms with Crippen LogP contribution in [0.25, 0.3) is 0 Å². The maximum Gasteiger partial charge on any atom is 0.248 e. The summed E-state index contributed by atoms with van der Waals surface area (Å²) in [6, 6.07) is 6.84. The maximum absolute atomic E-state index is 6.15. The zero-order valence-electron chi connectivity index (χ0n) is 11.2. The molecular weight excluding hydrogens is 278 g/mol. The highest BCUT2D eigenvalue weighted by Crippen LogP contribution is 2.43. The van der Waals surface area contributed by atoms with Crippen LogP contribution >= 0.6 is 11.6 Å². The number of nitrogens with two attached hydrogens (primary N) is 1. The van der Waals surface area contributed by atoms with Crippen molar-refractivity contribution in [1.29, 1.82) is 0 Å². The Balaban J connectivity index is 1.89. The third-order valence-electron chi connectivity index (χ3n) is 3.91. The highest BCUT2D eigenvalue weighted by molar-refractivity contribution is 6.31. The Morgan fingerprint density at radius 1 is 1.40 bits per heavy atom. The van der Waals surface area contributed by atoms with Crippen LogP contribution in [0.5, 0.6) is 0 Å². The van der Waals surface area contributed by atoms with Crippen molar-refractivity contribution in [2.45, 2.75) is 30.9 Å². The van der Waals surface area contributed by atoms with Crippen molar-refractivity contribution in [3.8, 4) is 0 Å². The minimum absolute atomic E-state index is 0.358. The lowest BCUT2D eigenvalue weighted by molar-refractivity contribution is -0.0858. The predicted molar refractivity (Wildman–Crippen MR) is 74.3 cm³/mol. The van der Waals surface area contributed by atoms with Gasteiger partial charge in [-0.1, -0.05) is 35.0 Å². The Bertz CT molecular complexity index is 604. The Hall–Kier alpha value is -1.43. The first-order chi connectivity index (χ1) is 9.66. The molecule has 106 valence electrons. The quantitative estimate of drug-likeness (QED) is 0.938. The van der Waals surface area contributed by atoms with E-state index in [4.69, 9.17) is 26.6 Å². The summed E-state index contributed by atoms with van der Waals surface area (Å²) >= 11 is 6.14. The first-order valence-electron chi connectivity index (χ1n) is 6.55. The summed E-state index contributed by atoms with van der Waals surface area (Å²) in [5, 5.41) is 4.61. The Morgan fingerprint density at radius 3 is 2.75 bits per heavy atom. The van der Waals surface area contributed by atoms with E-state index < -0.39 is 11.6 Å². The van der Waals surface area contributed by atoms with Gasteiger partial charge < -0.3 is 15.0 Å². The third kappa shape index (κ3) is 2.12. The van der Waals surface area contributed by atoms with Crippen LogP contribution in [0.4, 0.5) is 0 Å². The number of aromatic nitrogens is 2. The molecule has 0 unspecified atom stereocenters. The minimum Gasteiger partial charge on any atom is -0.370 e. The van der Waals surface area contributed by atoms with E-state index in [2.05, 4.69) is 10.1 Å². The molecule has 0 bridgehead atoms. The molecule has 0 spiro atoms. The lowest BCUT2D eigenvalue weighted by Crippen LogP contribution is -2.37. The summed E-state index contributed by atoms with van der Waals surface area (Å²) in [5.41, 5.74) is 6.52. The molecule has 1 aromatic heterocycles. The van der Waals surface area contributed by atoms with Crippen molar-refractivity contribution in [3.05, 3.63) is 46.6 Å². The van der Waals surface area contributed by atoms with Gasteiger partial charge in [-0.15, -0.1) is 0 Å². The molecule has 0 aliphatic heterocycles. The van der Waals surface area contributed by atoms with Gasteiger partial charge in [-0.25, -0.2) is 0 Å². The zero-order chi connectivity index (χ0) is 14.2. The smallest absolute Gasteiger partial charge is 0.248 e. The molecular formula is C14H16ClN3O2. The van der Waals surface area contributed by atoms with Crippen molar-refractivity contribution in [3.63, 3.8) is 0 Å². The van der Waals surface area contributed by atoms with Gasteiger partial charge in [0.15, 0.2) is 0 Å². The molecule has 1 saturated carbocycles. The molecule has 20 heavy (non-hydrogen) atoms. The van der Waals surface area contributed by atoms with Crippen LogP contribution in [0.15, 0.2) is 28.8 Å². The molecule has 0 saturated heterocycles. The standard InChI is InChI=1S/C14H16ClN3O2/c1-19-14(7-4-8-14)13-17-12(20-18-13)11(16)9-5-2-3-6-10(9)15/h2-3,5-6,11H,4,7-8,16H2,1H3/t11-/m1/s1. The summed E-state index contributed by atoms with van der Waals surface area (Å²) in [5.74, 6) is 0.931. The van der Waals surface area contributed by atoms with Crippen LogP contribution in [0, 0.1) is 0 Å². The van der Waals surface area contributed by atoms with Crippen LogP contribution in [-0.2, 0) is 10.3 Å². The van der Waals surface area contributed by atoms with E-state index in [1.165, 1.54) is 0 Å². The molecule has 1 aliphatic carbocycles. The summed E-state index contributed by atoms with van der Waals surface area (Å²) < 4.78 is 10.8. The highest BCUT2D eigenvalue weighted by Gasteiger charge is 2.43. The molecule has 1 fully saturated rings. The normalized spacial score (nSPS) is 18.6. The minimum atomic E-state index is -0.529. The molecule has 5 nitrogen and oxygen atoms in total. The van der Waals surface area contributed by atoms with Gasteiger partial charge in [-0.2, -0.15) is 4.98 Å². The zero-order valence-corrected chi connectivity index (χ0v) is 11.9. The number of nitrogens with zero attached hydrogens (tertiary/aromatic N) is 2. The fraction of sp³-hybridized carbons (Fsp3) is 0.429. The van der Waals surface area contributed by atoms with Crippen molar-refractivity contribution in [1.82, 2.24) is 10.1 Å². The summed E-state index contributed by atoms with van der Waals surface area (Å²) in [6.07, 6.45) is 2.92. The number of hydrogen-bond donors (Lipinski definition) is 1. The molecule has 1 aromatic carbocycles. The van der Waals surface area contributed by atoms with Gasteiger partial charge in [0, 0.05) is 12.1 Å². The monoisotopic (exact) mass is 293 g/mol. The van der Waals surface area contributed by atoms with Crippen LogP contribution in [-0.4, -0.2) is 17.3 Å². The van der Waals surface area contributed by atoms with E-state index in [0.29, 0.717) is 16.7 Å². The third-order valence-corrected chi connectivity index (χ3v) is 4.25. The summed E-state index contributed by atoms with van der Waals surface area (Å²) in [4.78, 5) is 4.41. The SMILES string of the molecule is COC1(c2noc([C@H](N)c3ccccc3Cl)n2)CCC1. The number of halogens is 1. The first-order valence-corrected chi connectivity index (χ1v) is 6.93. The lowest BCUT2D eigenvalue weighted by atomic mass is 9.79. The second-order valence-corrected chi connectivity index (χ2v) is 5.41. The van der Waals surface area contributed by atoms with Gasteiger partial charge in [0.05, 0.1) is 0 Å². The Morgan fingerprint density at radius 2 is 2.15 bits per heavy atom. The molecule has 1 aliphatic rings. The van der Waals surface area contributed by atoms with Crippen molar-refractivity contribution >= 4 is 11.6 Å². The molecule has 2 N–H and O–H groups in total.